The van der Waals surface area contributed by atoms with Crippen molar-refractivity contribution in [2.75, 3.05) is 6.61 Å². The summed E-state index contributed by atoms with van der Waals surface area (Å²) in [5.41, 5.74) is 0.0229. The zero-order valence-corrected chi connectivity index (χ0v) is 19.6. The molecule has 0 aromatic heterocycles. The number of benzene rings is 1. The highest BCUT2D eigenvalue weighted by Gasteiger charge is 2.49. The summed E-state index contributed by atoms with van der Waals surface area (Å²) >= 11 is 0.946. The maximum Gasteiger partial charge on any atom is 0.303 e. The van der Waals surface area contributed by atoms with E-state index < -0.39 is 42.4 Å². The summed E-state index contributed by atoms with van der Waals surface area (Å²) in [6.45, 7) is 3.33. The summed E-state index contributed by atoms with van der Waals surface area (Å²) in [6, 6.07) is 8.94. The molecular formula is C23H25NO9S. The quantitative estimate of drug-likeness (QED) is 0.104. The first-order valence-electron chi connectivity index (χ1n) is 10.2. The summed E-state index contributed by atoms with van der Waals surface area (Å²) in [6.07, 6.45) is 0.567. The molecular weight excluding hydrogens is 466 g/mol. The van der Waals surface area contributed by atoms with E-state index in [1.807, 2.05) is 6.07 Å². The Hall–Kier alpha value is -3.44. The van der Waals surface area contributed by atoms with Crippen LogP contribution in [0.15, 0.2) is 64.2 Å². The van der Waals surface area contributed by atoms with Crippen molar-refractivity contribution in [2.24, 2.45) is 4.99 Å². The molecule has 1 fully saturated rings. The second kappa shape index (κ2) is 13.3. The lowest BCUT2D eigenvalue weighted by molar-refractivity contribution is -0.165. The number of aliphatic imine (C=N–C) groups is 1. The first-order chi connectivity index (χ1) is 16.2. The number of carbonyl (C=O) groups excluding carboxylic acids is 4. The van der Waals surface area contributed by atoms with Gasteiger partial charge >= 0.3 is 17.9 Å². The second-order valence-electron chi connectivity index (χ2n) is 6.96. The molecule has 1 aromatic rings. The molecule has 10 nitrogen and oxygen atoms in total. The van der Waals surface area contributed by atoms with Gasteiger partial charge in [0.1, 0.15) is 12.7 Å². The number of thioether (sulfide) groups is 1. The van der Waals surface area contributed by atoms with Gasteiger partial charge in [-0.05, 0) is 36.0 Å². The van der Waals surface area contributed by atoms with E-state index in [9.17, 15) is 24.3 Å². The van der Waals surface area contributed by atoms with Crippen LogP contribution in [0, 0.1) is 0 Å². The van der Waals surface area contributed by atoms with Crippen LogP contribution in [0.4, 0.5) is 0 Å². The lowest BCUT2D eigenvalue weighted by Gasteiger charge is -2.22. The molecule has 1 aromatic carbocycles. The van der Waals surface area contributed by atoms with E-state index in [2.05, 4.69) is 4.99 Å². The van der Waals surface area contributed by atoms with Crippen LogP contribution in [-0.4, -0.2) is 65.5 Å². The van der Waals surface area contributed by atoms with E-state index in [0.717, 1.165) is 11.8 Å². The third kappa shape index (κ3) is 8.49. The third-order valence-electron chi connectivity index (χ3n) is 4.26. The van der Waals surface area contributed by atoms with Crippen LogP contribution < -0.4 is 0 Å². The Labute approximate surface area is 200 Å². The van der Waals surface area contributed by atoms with Gasteiger partial charge in [-0.3, -0.25) is 24.2 Å². The van der Waals surface area contributed by atoms with Crippen LogP contribution in [0.5, 0.6) is 0 Å². The number of hydrogen-bond donors (Lipinski definition) is 1. The van der Waals surface area contributed by atoms with Crippen LogP contribution in [0.3, 0.4) is 0 Å². The highest BCUT2D eigenvalue weighted by Crippen LogP contribution is 2.28. The predicted octanol–water partition coefficient (Wildman–Crippen LogP) is 2.53. The standard InChI is InChI=1S/C23H25NO9S/c1-14(26)30-13-19-20(31-15(2)27)21(32-16(3)28)22(33-19)24-11-7-8-17(12-25)23(29)34-18-9-5-4-6-10-18/h4-12,19-22,25H,13H2,1-3H3/t19-,20-,21-,22-/m1/s1. The van der Waals surface area contributed by atoms with Crippen molar-refractivity contribution in [1.29, 1.82) is 0 Å². The van der Waals surface area contributed by atoms with Gasteiger partial charge in [0.2, 0.25) is 5.12 Å². The number of aliphatic hydroxyl groups is 1. The summed E-state index contributed by atoms with van der Waals surface area (Å²) in [7, 11) is 0. The SMILES string of the molecule is CC(=O)OC[C@H]1O[C@@H](N=CC=CC(=CO)C(=O)Sc2ccccc2)[C@H](OC(C)=O)[C@@H]1OC(C)=O. The first-order valence-corrected chi connectivity index (χ1v) is 11.0. The molecule has 0 amide bonds. The molecule has 34 heavy (non-hydrogen) atoms. The Bertz CT molecular complexity index is 974. The Morgan fingerprint density at radius 2 is 1.68 bits per heavy atom. The number of allylic oxidation sites excluding steroid dienone is 2. The van der Waals surface area contributed by atoms with Gasteiger partial charge in [0.15, 0.2) is 18.4 Å². The maximum absolute atomic E-state index is 12.3. The van der Waals surface area contributed by atoms with Crippen molar-refractivity contribution in [3.05, 3.63) is 54.3 Å². The minimum absolute atomic E-state index is 0.0229. The molecule has 0 bridgehead atoms. The van der Waals surface area contributed by atoms with E-state index >= 15 is 0 Å². The van der Waals surface area contributed by atoms with Gasteiger partial charge in [0.05, 0.1) is 11.8 Å². The maximum atomic E-state index is 12.3. The fourth-order valence-corrected chi connectivity index (χ4v) is 3.66. The lowest BCUT2D eigenvalue weighted by atomic mass is 10.1. The van der Waals surface area contributed by atoms with Crippen LogP contribution in [0.25, 0.3) is 0 Å². The van der Waals surface area contributed by atoms with Crippen molar-refractivity contribution < 1.29 is 43.2 Å². The molecule has 1 N–H and O–H groups in total. The molecule has 0 aliphatic carbocycles. The van der Waals surface area contributed by atoms with Crippen LogP contribution in [-0.2, 0) is 38.1 Å². The fourth-order valence-electron chi connectivity index (χ4n) is 2.91. The molecule has 1 saturated heterocycles. The highest BCUT2D eigenvalue weighted by atomic mass is 32.2. The zero-order valence-electron chi connectivity index (χ0n) is 18.8. The largest absolute Gasteiger partial charge is 0.515 e. The van der Waals surface area contributed by atoms with Crippen LogP contribution in [0.2, 0.25) is 0 Å². The Balaban J connectivity index is 2.12. The molecule has 0 spiro atoms. The van der Waals surface area contributed by atoms with Gasteiger partial charge in [-0.25, -0.2) is 0 Å². The molecule has 1 heterocycles. The summed E-state index contributed by atoms with van der Waals surface area (Å²) in [5, 5.41) is 9.04. The van der Waals surface area contributed by atoms with Crippen LogP contribution in [0.1, 0.15) is 20.8 Å². The normalized spacial score (nSPS) is 22.6. The van der Waals surface area contributed by atoms with Crippen molar-refractivity contribution >= 4 is 41.0 Å². The Morgan fingerprint density at radius 1 is 1.03 bits per heavy atom. The number of esters is 3. The Kier molecular flexibility index (Phi) is 10.5. The molecule has 2 rings (SSSR count). The smallest absolute Gasteiger partial charge is 0.303 e. The number of aliphatic hydroxyl groups excluding tert-OH is 1. The zero-order chi connectivity index (χ0) is 25.1. The summed E-state index contributed by atoms with van der Waals surface area (Å²) in [5.74, 6) is -1.86. The van der Waals surface area contributed by atoms with E-state index in [-0.39, 0.29) is 17.3 Å². The summed E-state index contributed by atoms with van der Waals surface area (Å²) < 4.78 is 21.1. The predicted molar refractivity (Wildman–Crippen MR) is 122 cm³/mol. The van der Waals surface area contributed by atoms with Crippen molar-refractivity contribution in [3.63, 3.8) is 0 Å². The monoisotopic (exact) mass is 491 g/mol. The molecule has 0 unspecified atom stereocenters. The molecule has 0 radical (unpaired) electrons. The van der Waals surface area contributed by atoms with Crippen LogP contribution >= 0.6 is 11.8 Å². The van der Waals surface area contributed by atoms with Crippen molar-refractivity contribution in [1.82, 2.24) is 0 Å². The van der Waals surface area contributed by atoms with Gasteiger partial charge in [-0.2, -0.15) is 0 Å². The van der Waals surface area contributed by atoms with Gasteiger partial charge < -0.3 is 24.1 Å². The van der Waals surface area contributed by atoms with E-state index in [1.54, 1.807) is 24.3 Å². The van der Waals surface area contributed by atoms with E-state index in [4.69, 9.17) is 18.9 Å². The second-order valence-corrected chi connectivity index (χ2v) is 8.01. The number of hydrogen-bond acceptors (Lipinski definition) is 11. The van der Waals surface area contributed by atoms with Crippen molar-refractivity contribution in [2.45, 2.75) is 50.2 Å². The van der Waals surface area contributed by atoms with Gasteiger partial charge in [0, 0.05) is 31.9 Å². The minimum Gasteiger partial charge on any atom is -0.515 e. The molecule has 0 saturated carbocycles. The fraction of sp³-hybridized carbons (Fsp3) is 0.348. The highest BCUT2D eigenvalue weighted by molar-refractivity contribution is 8.14. The average molecular weight is 492 g/mol. The first kappa shape index (κ1) is 26.8. The lowest BCUT2D eigenvalue weighted by Crippen LogP contribution is -2.41. The van der Waals surface area contributed by atoms with E-state index in [0.29, 0.717) is 11.2 Å². The number of nitrogens with zero attached hydrogens (tertiary/aromatic N) is 1. The summed E-state index contributed by atoms with van der Waals surface area (Å²) in [4.78, 5) is 51.5. The number of ether oxygens (including phenoxy) is 4. The van der Waals surface area contributed by atoms with Gasteiger partial charge in [-0.15, -0.1) is 0 Å². The Morgan fingerprint density at radius 3 is 2.26 bits per heavy atom. The molecule has 182 valence electrons. The third-order valence-corrected chi connectivity index (χ3v) is 5.19. The van der Waals surface area contributed by atoms with Gasteiger partial charge in [-0.1, -0.05) is 18.2 Å². The molecule has 1 aliphatic heterocycles. The van der Waals surface area contributed by atoms with E-state index in [1.165, 1.54) is 39.1 Å². The number of carbonyl (C=O) groups is 4. The van der Waals surface area contributed by atoms with Crippen molar-refractivity contribution in [3.8, 4) is 0 Å². The average Bonchev–Trinajstić information content (AvgIpc) is 3.08. The molecule has 1 aliphatic rings. The molecule has 4 atom stereocenters. The number of rotatable bonds is 9. The molecule has 11 heteroatoms. The van der Waals surface area contributed by atoms with Gasteiger partial charge in [0.25, 0.3) is 0 Å². The minimum atomic E-state index is -1.09. The topological polar surface area (TPSA) is 138 Å².